The van der Waals surface area contributed by atoms with Gasteiger partial charge in [-0.15, -0.1) is 0 Å². The maximum Gasteiger partial charge on any atom is 0.417 e. The van der Waals surface area contributed by atoms with Crippen molar-refractivity contribution in [3.05, 3.63) is 47.8 Å². The summed E-state index contributed by atoms with van der Waals surface area (Å²) < 4.78 is 40.0. The number of anilines is 1. The van der Waals surface area contributed by atoms with Gasteiger partial charge in [0.1, 0.15) is 12.1 Å². The first-order valence-electron chi connectivity index (χ1n) is 6.42. The van der Waals surface area contributed by atoms with E-state index < -0.39 is 11.7 Å². The summed E-state index contributed by atoms with van der Waals surface area (Å²) in [6.07, 6.45) is -3.47. The number of alkyl halides is 3. The lowest BCUT2D eigenvalue weighted by molar-refractivity contribution is -0.136. The minimum absolute atomic E-state index is 0.0714. The van der Waals surface area contributed by atoms with E-state index in [0.29, 0.717) is 5.56 Å². The number of hydrogen-bond acceptors (Lipinski definition) is 4. The van der Waals surface area contributed by atoms with Crippen LogP contribution in [0.1, 0.15) is 11.1 Å². The zero-order valence-corrected chi connectivity index (χ0v) is 11.5. The van der Waals surface area contributed by atoms with Gasteiger partial charge in [0.15, 0.2) is 5.65 Å². The summed E-state index contributed by atoms with van der Waals surface area (Å²) in [5.41, 5.74) is 6.39. The van der Waals surface area contributed by atoms with Crippen LogP contribution in [0.5, 0.6) is 0 Å². The van der Waals surface area contributed by atoms with Crippen LogP contribution in [0.25, 0.3) is 22.3 Å². The Morgan fingerprint density at radius 2 is 1.73 bits per heavy atom. The maximum absolute atomic E-state index is 13.3. The number of aryl methyl sites for hydroxylation is 1. The Morgan fingerprint density at radius 3 is 2.36 bits per heavy atom. The molecule has 0 saturated heterocycles. The van der Waals surface area contributed by atoms with Crippen molar-refractivity contribution in [1.82, 2.24) is 15.0 Å². The van der Waals surface area contributed by atoms with Crippen LogP contribution in [0, 0.1) is 6.92 Å². The SMILES string of the molecule is Cc1ccc(-c2cc(C(F)(F)F)c3c(N)ncnc3n2)cc1. The van der Waals surface area contributed by atoms with Gasteiger partial charge in [-0.05, 0) is 13.0 Å². The Balaban J connectivity index is 2.32. The average Bonchev–Trinajstić information content (AvgIpc) is 2.46. The monoisotopic (exact) mass is 304 g/mol. The highest BCUT2D eigenvalue weighted by Crippen LogP contribution is 2.37. The van der Waals surface area contributed by atoms with E-state index in [9.17, 15) is 13.2 Å². The Bertz CT molecular complexity index is 842. The predicted octanol–water partition coefficient (Wildman–Crippen LogP) is 3.60. The third-order valence-corrected chi connectivity index (χ3v) is 3.29. The van der Waals surface area contributed by atoms with E-state index in [1.54, 1.807) is 12.1 Å². The topological polar surface area (TPSA) is 64.7 Å². The molecular weight excluding hydrogens is 293 g/mol. The second-order valence-electron chi connectivity index (χ2n) is 4.88. The van der Waals surface area contributed by atoms with Crippen LogP contribution >= 0.6 is 0 Å². The predicted molar refractivity (Wildman–Crippen MR) is 76.9 cm³/mol. The minimum atomic E-state index is -4.57. The highest BCUT2D eigenvalue weighted by atomic mass is 19.4. The fraction of sp³-hybridized carbons (Fsp3) is 0.133. The lowest BCUT2D eigenvalue weighted by atomic mass is 10.0. The molecule has 0 atom stereocenters. The fourth-order valence-electron chi connectivity index (χ4n) is 2.18. The standard InChI is InChI=1S/C15H11F3N4/c1-8-2-4-9(5-3-8)11-6-10(15(16,17)18)12-13(19)20-7-21-14(12)22-11/h2-7H,1H3,(H2,19,20,21,22). The number of aromatic nitrogens is 3. The number of nitrogens with two attached hydrogens (primary N) is 1. The normalized spacial score (nSPS) is 11.8. The lowest BCUT2D eigenvalue weighted by Crippen LogP contribution is -2.10. The van der Waals surface area contributed by atoms with Crippen molar-refractivity contribution in [2.24, 2.45) is 0 Å². The molecule has 7 heteroatoms. The third-order valence-electron chi connectivity index (χ3n) is 3.29. The molecule has 1 aromatic carbocycles. The average molecular weight is 304 g/mol. The van der Waals surface area contributed by atoms with E-state index in [2.05, 4.69) is 15.0 Å². The maximum atomic E-state index is 13.3. The molecule has 22 heavy (non-hydrogen) atoms. The molecule has 0 aliphatic heterocycles. The van der Waals surface area contributed by atoms with Crippen LogP contribution in [0.3, 0.4) is 0 Å². The molecule has 4 nitrogen and oxygen atoms in total. The smallest absolute Gasteiger partial charge is 0.383 e. The zero-order chi connectivity index (χ0) is 15.9. The number of nitrogens with zero attached hydrogens (tertiary/aromatic N) is 3. The van der Waals surface area contributed by atoms with Gasteiger partial charge >= 0.3 is 6.18 Å². The number of halogens is 3. The van der Waals surface area contributed by atoms with Crippen molar-refractivity contribution >= 4 is 16.9 Å². The summed E-state index contributed by atoms with van der Waals surface area (Å²) in [4.78, 5) is 11.6. The number of fused-ring (bicyclic) bond motifs is 1. The molecular formula is C15H11F3N4. The van der Waals surface area contributed by atoms with E-state index in [1.807, 2.05) is 19.1 Å². The molecule has 3 rings (SSSR count). The van der Waals surface area contributed by atoms with Crippen molar-refractivity contribution in [2.45, 2.75) is 13.1 Å². The van der Waals surface area contributed by atoms with Crippen LogP contribution in [0.15, 0.2) is 36.7 Å². The van der Waals surface area contributed by atoms with Crippen LogP contribution in [0.2, 0.25) is 0 Å². The second-order valence-corrected chi connectivity index (χ2v) is 4.88. The van der Waals surface area contributed by atoms with Gasteiger partial charge in [0.2, 0.25) is 0 Å². The number of rotatable bonds is 1. The lowest BCUT2D eigenvalue weighted by Gasteiger charge is -2.13. The quantitative estimate of drug-likeness (QED) is 0.746. The van der Waals surface area contributed by atoms with Gasteiger partial charge in [-0.2, -0.15) is 13.2 Å². The summed E-state index contributed by atoms with van der Waals surface area (Å²) in [7, 11) is 0. The van der Waals surface area contributed by atoms with E-state index in [0.717, 1.165) is 18.0 Å². The van der Waals surface area contributed by atoms with Gasteiger partial charge in [0, 0.05) is 5.56 Å². The number of pyridine rings is 1. The van der Waals surface area contributed by atoms with Gasteiger partial charge in [-0.3, -0.25) is 0 Å². The second kappa shape index (κ2) is 4.94. The highest BCUT2D eigenvalue weighted by molar-refractivity contribution is 5.90. The Labute approximate surface area is 123 Å². The Morgan fingerprint density at radius 1 is 1.05 bits per heavy atom. The molecule has 0 unspecified atom stereocenters. The number of nitrogen functional groups attached to an aromatic ring is 1. The molecule has 0 fully saturated rings. The van der Waals surface area contributed by atoms with E-state index in [1.165, 1.54) is 0 Å². The Kier molecular flexibility index (Phi) is 3.20. The van der Waals surface area contributed by atoms with Gasteiger partial charge in [0.05, 0.1) is 16.6 Å². The van der Waals surface area contributed by atoms with Crippen LogP contribution in [-0.4, -0.2) is 15.0 Å². The van der Waals surface area contributed by atoms with E-state index in [4.69, 9.17) is 5.73 Å². The highest BCUT2D eigenvalue weighted by Gasteiger charge is 2.35. The first-order valence-corrected chi connectivity index (χ1v) is 6.42. The van der Waals surface area contributed by atoms with Gasteiger partial charge in [0.25, 0.3) is 0 Å². The van der Waals surface area contributed by atoms with Crippen LogP contribution < -0.4 is 5.73 Å². The van der Waals surface area contributed by atoms with Crippen molar-refractivity contribution in [2.75, 3.05) is 5.73 Å². The van der Waals surface area contributed by atoms with Crippen LogP contribution in [-0.2, 0) is 6.18 Å². The molecule has 2 N–H and O–H groups in total. The van der Waals surface area contributed by atoms with E-state index in [-0.39, 0.29) is 22.5 Å². The molecule has 2 aromatic heterocycles. The fourth-order valence-corrected chi connectivity index (χ4v) is 2.18. The largest absolute Gasteiger partial charge is 0.417 e. The molecule has 0 bridgehead atoms. The first-order chi connectivity index (χ1) is 10.4. The number of hydrogen-bond donors (Lipinski definition) is 1. The summed E-state index contributed by atoms with van der Waals surface area (Å²) >= 11 is 0. The number of benzene rings is 1. The summed E-state index contributed by atoms with van der Waals surface area (Å²) in [5, 5.41) is -0.272. The van der Waals surface area contributed by atoms with Crippen molar-refractivity contribution in [1.29, 1.82) is 0 Å². The zero-order valence-electron chi connectivity index (χ0n) is 11.5. The summed E-state index contributed by atoms with van der Waals surface area (Å²) in [6, 6.07) is 8.03. The third kappa shape index (κ3) is 2.45. The van der Waals surface area contributed by atoms with E-state index >= 15 is 0 Å². The van der Waals surface area contributed by atoms with Crippen molar-refractivity contribution in [3.8, 4) is 11.3 Å². The molecule has 0 radical (unpaired) electrons. The summed E-state index contributed by atoms with van der Waals surface area (Å²) in [6.45, 7) is 1.90. The minimum Gasteiger partial charge on any atom is -0.383 e. The van der Waals surface area contributed by atoms with Gasteiger partial charge in [-0.25, -0.2) is 15.0 Å². The molecule has 0 aliphatic rings. The molecule has 0 saturated carbocycles. The Hall–Kier alpha value is -2.70. The summed E-state index contributed by atoms with van der Waals surface area (Å²) in [5.74, 6) is -0.236. The molecule has 2 heterocycles. The molecule has 0 amide bonds. The van der Waals surface area contributed by atoms with Gasteiger partial charge < -0.3 is 5.73 Å². The molecule has 3 aromatic rings. The molecule has 112 valence electrons. The first kappa shape index (κ1) is 14.2. The van der Waals surface area contributed by atoms with Gasteiger partial charge in [-0.1, -0.05) is 29.8 Å². The van der Waals surface area contributed by atoms with Crippen molar-refractivity contribution < 1.29 is 13.2 Å². The van der Waals surface area contributed by atoms with Crippen molar-refractivity contribution in [3.63, 3.8) is 0 Å². The molecule has 0 aliphatic carbocycles. The molecule has 0 spiro atoms. The van der Waals surface area contributed by atoms with Crippen LogP contribution in [0.4, 0.5) is 19.0 Å².